The number of allylic oxidation sites excluding steroid dienone is 2. The van der Waals surface area contributed by atoms with Gasteiger partial charge in [0.15, 0.2) is 11.9 Å². The molecule has 0 spiro atoms. The number of aliphatic carboxylic acids is 1. The second-order valence-corrected chi connectivity index (χ2v) is 7.48. The molecular formula is C20H27FO5. The molecule has 26 heavy (non-hydrogen) atoms. The molecule has 0 heterocycles. The summed E-state index contributed by atoms with van der Waals surface area (Å²) in [6.07, 6.45) is 4.43. The van der Waals surface area contributed by atoms with Crippen LogP contribution in [0.4, 0.5) is 4.39 Å². The molecule has 6 heteroatoms. The van der Waals surface area contributed by atoms with Crippen LogP contribution in [0, 0.1) is 5.82 Å². The maximum atomic E-state index is 14.5. The molecule has 0 aromatic heterocycles. The average molecular weight is 366 g/mol. The van der Waals surface area contributed by atoms with Crippen LogP contribution >= 0.6 is 0 Å². The van der Waals surface area contributed by atoms with Crippen molar-refractivity contribution in [1.29, 1.82) is 0 Å². The number of hydrogen-bond donors (Lipinski definition) is 3. The van der Waals surface area contributed by atoms with Gasteiger partial charge in [0.1, 0.15) is 11.4 Å². The Kier molecular flexibility index (Phi) is 6.21. The maximum Gasteiger partial charge on any atom is 0.333 e. The molecular weight excluding hydrogens is 339 g/mol. The van der Waals surface area contributed by atoms with E-state index in [4.69, 9.17) is 4.74 Å². The summed E-state index contributed by atoms with van der Waals surface area (Å²) in [6, 6.07) is 4.64. The summed E-state index contributed by atoms with van der Waals surface area (Å²) in [5.74, 6) is -3.76. The Morgan fingerprint density at radius 3 is 2.46 bits per heavy atom. The largest absolute Gasteiger partial charge is 0.479 e. The molecule has 0 amide bonds. The van der Waals surface area contributed by atoms with Crippen LogP contribution in [0.15, 0.2) is 24.3 Å². The van der Waals surface area contributed by atoms with Crippen molar-refractivity contribution in [2.75, 3.05) is 0 Å². The number of benzene rings is 1. The number of halogens is 1. The number of carbonyl (C=O) groups is 1. The lowest BCUT2D eigenvalue weighted by molar-refractivity contribution is -0.294. The Morgan fingerprint density at radius 1 is 1.27 bits per heavy atom. The Balaban J connectivity index is 2.18. The normalized spacial score (nSPS) is 18.8. The first-order chi connectivity index (χ1) is 12.0. The Labute approximate surface area is 153 Å². The molecule has 0 radical (unpaired) electrons. The van der Waals surface area contributed by atoms with Crippen molar-refractivity contribution in [2.45, 2.75) is 70.4 Å². The quantitative estimate of drug-likeness (QED) is 0.645. The lowest BCUT2D eigenvalue weighted by atomic mass is 9.92. The molecule has 0 saturated heterocycles. The Morgan fingerprint density at radius 2 is 1.96 bits per heavy atom. The maximum absolute atomic E-state index is 14.5. The third kappa shape index (κ3) is 4.90. The second kappa shape index (κ2) is 7.86. The van der Waals surface area contributed by atoms with Gasteiger partial charge in [0.05, 0.1) is 0 Å². The van der Waals surface area contributed by atoms with Gasteiger partial charge in [-0.1, -0.05) is 18.2 Å². The van der Waals surface area contributed by atoms with Crippen LogP contribution in [0.5, 0.6) is 0 Å². The minimum Gasteiger partial charge on any atom is -0.479 e. The molecule has 2 rings (SSSR count). The number of hydrogen-bond acceptors (Lipinski definition) is 4. The zero-order valence-electron chi connectivity index (χ0n) is 15.5. The molecule has 1 aromatic rings. The summed E-state index contributed by atoms with van der Waals surface area (Å²) in [7, 11) is 0. The van der Waals surface area contributed by atoms with E-state index in [9.17, 15) is 24.5 Å². The second-order valence-electron chi connectivity index (χ2n) is 7.48. The van der Waals surface area contributed by atoms with E-state index in [-0.39, 0.29) is 6.42 Å². The van der Waals surface area contributed by atoms with Crippen LogP contribution in [-0.4, -0.2) is 38.8 Å². The fourth-order valence-corrected chi connectivity index (χ4v) is 2.84. The summed E-state index contributed by atoms with van der Waals surface area (Å²) in [4.78, 5) is 11.5. The minimum absolute atomic E-state index is 0.127. The van der Waals surface area contributed by atoms with E-state index < -0.39 is 29.3 Å². The van der Waals surface area contributed by atoms with Gasteiger partial charge < -0.3 is 20.1 Å². The fraction of sp³-hybridized carbons (Fsp3) is 0.550. The van der Waals surface area contributed by atoms with Crippen molar-refractivity contribution in [3.05, 3.63) is 41.2 Å². The van der Waals surface area contributed by atoms with Crippen molar-refractivity contribution < 1.29 is 29.2 Å². The van der Waals surface area contributed by atoms with Crippen LogP contribution in [-0.2, 0) is 16.0 Å². The average Bonchev–Trinajstić information content (AvgIpc) is 2.54. The van der Waals surface area contributed by atoms with E-state index in [0.717, 1.165) is 31.3 Å². The number of carboxylic acids is 1. The van der Waals surface area contributed by atoms with E-state index in [1.165, 1.54) is 26.8 Å². The highest BCUT2D eigenvalue weighted by Crippen LogP contribution is 2.30. The van der Waals surface area contributed by atoms with Crippen LogP contribution in [0.25, 0.3) is 5.57 Å². The van der Waals surface area contributed by atoms with Gasteiger partial charge in [-0.25, -0.2) is 9.18 Å². The molecule has 1 aromatic carbocycles. The summed E-state index contributed by atoms with van der Waals surface area (Å²) in [6.45, 7) is 3.83. The summed E-state index contributed by atoms with van der Waals surface area (Å²) < 4.78 is 19.7. The molecule has 1 aliphatic carbocycles. The van der Waals surface area contributed by atoms with Gasteiger partial charge in [0.2, 0.25) is 0 Å². The molecule has 0 fully saturated rings. The van der Waals surface area contributed by atoms with Gasteiger partial charge in [-0.2, -0.15) is 0 Å². The highest BCUT2D eigenvalue weighted by atomic mass is 19.1. The van der Waals surface area contributed by atoms with Gasteiger partial charge in [0.25, 0.3) is 0 Å². The van der Waals surface area contributed by atoms with Crippen LogP contribution in [0.3, 0.4) is 0 Å². The smallest absolute Gasteiger partial charge is 0.333 e. The lowest BCUT2D eigenvalue weighted by Gasteiger charge is -2.37. The van der Waals surface area contributed by atoms with Gasteiger partial charge >= 0.3 is 5.97 Å². The number of aliphatic hydroxyl groups is 2. The van der Waals surface area contributed by atoms with E-state index >= 15 is 0 Å². The molecule has 3 N–H and O–H groups in total. The minimum atomic E-state index is -2.07. The standard InChI is InChI=1S/C20H27FO5/c1-19(2,24)20(3,25)26-17(18(22)23)12-13-9-10-15(16(21)11-13)14-7-5-4-6-8-14/h7,9-11,17,24-25H,4-6,8,12H2,1-3H3,(H,22,23). The topological polar surface area (TPSA) is 87.0 Å². The Hall–Kier alpha value is -1.76. The SMILES string of the molecule is CC(C)(O)C(C)(O)OC(Cc1ccc(C2=CCCCC2)c(F)c1)C(=O)O. The highest BCUT2D eigenvalue weighted by Gasteiger charge is 2.42. The zero-order valence-corrected chi connectivity index (χ0v) is 15.5. The Bertz CT molecular complexity index is 688. The first-order valence-corrected chi connectivity index (χ1v) is 8.84. The monoisotopic (exact) mass is 366 g/mol. The van der Waals surface area contributed by atoms with Gasteiger partial charge in [-0.15, -0.1) is 0 Å². The first kappa shape index (κ1) is 20.6. The predicted octanol–water partition coefficient (Wildman–Crippen LogP) is 3.27. The third-order valence-corrected chi connectivity index (χ3v) is 4.87. The molecule has 1 aliphatic rings. The van der Waals surface area contributed by atoms with Crippen molar-refractivity contribution >= 4 is 11.5 Å². The summed E-state index contributed by atoms with van der Waals surface area (Å²) in [5, 5.41) is 29.5. The van der Waals surface area contributed by atoms with E-state index in [1.54, 1.807) is 12.1 Å². The summed E-state index contributed by atoms with van der Waals surface area (Å²) in [5.41, 5.74) is 0.311. The van der Waals surface area contributed by atoms with E-state index in [0.29, 0.717) is 11.1 Å². The molecule has 2 atom stereocenters. The number of ether oxygens (including phenoxy) is 1. The molecule has 0 aliphatic heterocycles. The predicted molar refractivity (Wildman–Crippen MR) is 96.0 cm³/mol. The number of carboxylic acid groups (broad SMARTS) is 1. The van der Waals surface area contributed by atoms with Crippen LogP contribution in [0.1, 0.15) is 57.6 Å². The van der Waals surface area contributed by atoms with Crippen LogP contribution < -0.4 is 0 Å². The van der Waals surface area contributed by atoms with Crippen molar-refractivity contribution in [3.8, 4) is 0 Å². The third-order valence-electron chi connectivity index (χ3n) is 4.87. The summed E-state index contributed by atoms with van der Waals surface area (Å²) >= 11 is 0. The van der Waals surface area contributed by atoms with Crippen molar-refractivity contribution in [1.82, 2.24) is 0 Å². The van der Waals surface area contributed by atoms with Crippen LogP contribution in [0.2, 0.25) is 0 Å². The first-order valence-electron chi connectivity index (χ1n) is 8.84. The molecule has 144 valence electrons. The highest BCUT2D eigenvalue weighted by molar-refractivity contribution is 5.73. The lowest BCUT2D eigenvalue weighted by Crippen LogP contribution is -2.53. The van der Waals surface area contributed by atoms with Crippen molar-refractivity contribution in [2.24, 2.45) is 0 Å². The molecule has 2 unspecified atom stereocenters. The molecule has 0 saturated carbocycles. The molecule has 0 bridgehead atoms. The van der Waals surface area contributed by atoms with E-state index in [2.05, 4.69) is 0 Å². The van der Waals surface area contributed by atoms with Gasteiger partial charge in [0, 0.05) is 12.0 Å². The van der Waals surface area contributed by atoms with Gasteiger partial charge in [-0.3, -0.25) is 0 Å². The zero-order chi connectivity index (χ0) is 19.5. The van der Waals surface area contributed by atoms with Crippen molar-refractivity contribution in [3.63, 3.8) is 0 Å². The number of rotatable bonds is 7. The molecule has 5 nitrogen and oxygen atoms in total. The van der Waals surface area contributed by atoms with E-state index in [1.807, 2.05) is 6.08 Å². The fourth-order valence-electron chi connectivity index (χ4n) is 2.84. The van der Waals surface area contributed by atoms with Gasteiger partial charge in [-0.05, 0) is 63.7 Å².